The Labute approximate surface area is 233 Å². The lowest BCUT2D eigenvalue weighted by Crippen LogP contribution is -2.67. The van der Waals surface area contributed by atoms with E-state index in [0.29, 0.717) is 6.61 Å². The number of benzene rings is 3. The van der Waals surface area contributed by atoms with E-state index < -0.39 is 20.9 Å². The van der Waals surface area contributed by atoms with Crippen LogP contribution in [0.5, 0.6) is 5.75 Å². The van der Waals surface area contributed by atoms with Crippen molar-refractivity contribution < 1.29 is 28.1 Å². The van der Waals surface area contributed by atoms with Crippen molar-refractivity contribution in [3.8, 4) is 5.75 Å². The first-order valence-corrected chi connectivity index (χ1v) is 15.6. The molecule has 2 saturated heterocycles. The Balaban J connectivity index is 1.41. The standard InChI is InChI=1S/C32H40O6Si/c1-22-27(36-31(34-6)29-28(22)37-30(38-29)23-17-19-24(33-5)20-18-23)21-35-39(32(2,3)4,25-13-9-7-10-14-25)26-15-11-8-12-16-26/h7-20,22,27-31H,21H2,1-6H3/t22-,27+,28+,29+,30?,31+/m1/s1. The van der Waals surface area contributed by atoms with Gasteiger partial charge < -0.3 is 28.1 Å². The number of ether oxygens (including phenoxy) is 5. The van der Waals surface area contributed by atoms with Gasteiger partial charge in [-0.2, -0.15) is 0 Å². The van der Waals surface area contributed by atoms with Crippen LogP contribution in [0.2, 0.25) is 5.04 Å². The fraction of sp³-hybridized carbons (Fsp3) is 0.438. The molecule has 0 amide bonds. The summed E-state index contributed by atoms with van der Waals surface area (Å²) < 4.78 is 37.6. The zero-order valence-electron chi connectivity index (χ0n) is 23.7. The SMILES string of the molecule is COc1ccc(C2O[C@@H]3[C@@H](OC)O[C@@H](CO[Si](c4ccccc4)(c4ccccc4)C(C)(C)C)[C@@H](C)[C@@H]3O2)cc1. The highest BCUT2D eigenvalue weighted by molar-refractivity contribution is 6.99. The van der Waals surface area contributed by atoms with Crippen molar-refractivity contribution in [1.82, 2.24) is 0 Å². The van der Waals surface area contributed by atoms with Gasteiger partial charge in [0.15, 0.2) is 12.6 Å². The predicted octanol–water partition coefficient (Wildman–Crippen LogP) is 5.06. The van der Waals surface area contributed by atoms with Crippen LogP contribution in [0, 0.1) is 5.92 Å². The average molecular weight is 549 g/mol. The van der Waals surface area contributed by atoms with Gasteiger partial charge in [0.05, 0.1) is 25.9 Å². The van der Waals surface area contributed by atoms with Crippen LogP contribution in [0.1, 0.15) is 39.5 Å². The fourth-order valence-corrected chi connectivity index (χ4v) is 10.5. The van der Waals surface area contributed by atoms with E-state index in [1.807, 2.05) is 24.3 Å². The molecule has 3 aromatic rings. The van der Waals surface area contributed by atoms with Crippen LogP contribution >= 0.6 is 0 Å². The second-order valence-electron chi connectivity index (χ2n) is 11.4. The highest BCUT2D eigenvalue weighted by atomic mass is 28.4. The first kappa shape index (κ1) is 28.0. The van der Waals surface area contributed by atoms with Crippen LogP contribution in [-0.4, -0.2) is 53.7 Å². The third kappa shape index (κ3) is 5.32. The molecule has 0 N–H and O–H groups in total. The maximum atomic E-state index is 7.20. The van der Waals surface area contributed by atoms with Crippen molar-refractivity contribution in [2.75, 3.05) is 20.8 Å². The van der Waals surface area contributed by atoms with Crippen molar-refractivity contribution >= 4 is 18.7 Å². The third-order valence-electron chi connectivity index (χ3n) is 8.07. The molecule has 2 aliphatic heterocycles. The van der Waals surface area contributed by atoms with Crippen LogP contribution in [0.15, 0.2) is 84.9 Å². The molecule has 3 aromatic carbocycles. The topological polar surface area (TPSA) is 55.4 Å². The van der Waals surface area contributed by atoms with Gasteiger partial charge >= 0.3 is 0 Å². The van der Waals surface area contributed by atoms with Crippen LogP contribution in [0.3, 0.4) is 0 Å². The molecule has 2 aliphatic rings. The summed E-state index contributed by atoms with van der Waals surface area (Å²) in [6.07, 6.45) is -1.80. The van der Waals surface area contributed by atoms with E-state index >= 15 is 0 Å². The third-order valence-corrected chi connectivity index (χ3v) is 13.1. The van der Waals surface area contributed by atoms with Crippen LogP contribution in [0.25, 0.3) is 0 Å². The van der Waals surface area contributed by atoms with Gasteiger partial charge in [0.2, 0.25) is 0 Å². The van der Waals surface area contributed by atoms with Crippen molar-refractivity contribution in [1.29, 1.82) is 0 Å². The van der Waals surface area contributed by atoms with Crippen LogP contribution in [0.4, 0.5) is 0 Å². The molecule has 6 atom stereocenters. The van der Waals surface area contributed by atoms with Crippen LogP contribution in [-0.2, 0) is 23.4 Å². The Hall–Kier alpha value is -2.52. The molecule has 0 saturated carbocycles. The van der Waals surface area contributed by atoms with Gasteiger partial charge in [-0.15, -0.1) is 0 Å². The minimum Gasteiger partial charge on any atom is -0.497 e. The molecule has 2 fully saturated rings. The van der Waals surface area contributed by atoms with Crippen molar-refractivity contribution in [3.05, 3.63) is 90.5 Å². The summed E-state index contributed by atoms with van der Waals surface area (Å²) in [7, 11) is 0.602. The van der Waals surface area contributed by atoms with Gasteiger partial charge in [0.25, 0.3) is 8.32 Å². The summed E-state index contributed by atoms with van der Waals surface area (Å²) >= 11 is 0. The van der Waals surface area contributed by atoms with Gasteiger partial charge in [-0.3, -0.25) is 0 Å². The maximum absolute atomic E-state index is 7.20. The number of rotatable bonds is 8. The highest BCUT2D eigenvalue weighted by Gasteiger charge is 2.54. The van der Waals surface area contributed by atoms with Crippen molar-refractivity contribution in [2.45, 2.75) is 63.6 Å². The zero-order chi connectivity index (χ0) is 27.6. The average Bonchev–Trinajstić information content (AvgIpc) is 3.41. The number of hydrogen-bond donors (Lipinski definition) is 0. The minimum atomic E-state index is -2.71. The second-order valence-corrected chi connectivity index (χ2v) is 15.7. The molecule has 0 aromatic heterocycles. The number of fused-ring (bicyclic) bond motifs is 1. The molecule has 0 bridgehead atoms. The smallest absolute Gasteiger partial charge is 0.261 e. The monoisotopic (exact) mass is 548 g/mol. The van der Waals surface area contributed by atoms with Gasteiger partial charge in [0, 0.05) is 18.6 Å². The Morgan fingerprint density at radius 3 is 1.82 bits per heavy atom. The quantitative estimate of drug-likeness (QED) is 0.367. The Morgan fingerprint density at radius 1 is 0.744 bits per heavy atom. The molecule has 5 rings (SSSR count). The van der Waals surface area contributed by atoms with E-state index in [9.17, 15) is 0 Å². The van der Waals surface area contributed by atoms with E-state index in [1.165, 1.54) is 10.4 Å². The summed E-state index contributed by atoms with van der Waals surface area (Å²) in [5.74, 6) is 0.823. The Kier molecular flexibility index (Phi) is 8.28. The lowest BCUT2D eigenvalue weighted by atomic mass is 9.91. The maximum Gasteiger partial charge on any atom is 0.261 e. The van der Waals surface area contributed by atoms with Crippen molar-refractivity contribution in [3.63, 3.8) is 0 Å². The van der Waals surface area contributed by atoms with E-state index in [4.69, 9.17) is 28.1 Å². The van der Waals surface area contributed by atoms with E-state index in [2.05, 4.69) is 88.4 Å². The van der Waals surface area contributed by atoms with Gasteiger partial charge in [-0.25, -0.2) is 0 Å². The summed E-state index contributed by atoms with van der Waals surface area (Å²) in [4.78, 5) is 0. The first-order chi connectivity index (χ1) is 18.8. The molecule has 208 valence electrons. The molecular weight excluding hydrogens is 508 g/mol. The molecule has 7 heteroatoms. The van der Waals surface area contributed by atoms with Gasteiger partial charge in [0.1, 0.15) is 11.9 Å². The fourth-order valence-electron chi connectivity index (χ4n) is 5.97. The molecule has 0 spiro atoms. The largest absolute Gasteiger partial charge is 0.497 e. The highest BCUT2D eigenvalue weighted by Crippen LogP contribution is 2.43. The lowest BCUT2D eigenvalue weighted by Gasteiger charge is -2.46. The van der Waals surface area contributed by atoms with Gasteiger partial charge in [-0.05, 0) is 27.5 Å². The minimum absolute atomic E-state index is 0.0304. The zero-order valence-corrected chi connectivity index (χ0v) is 24.7. The van der Waals surface area contributed by atoms with E-state index in [-0.39, 0.29) is 29.3 Å². The Morgan fingerprint density at radius 2 is 1.31 bits per heavy atom. The van der Waals surface area contributed by atoms with Crippen LogP contribution < -0.4 is 15.1 Å². The molecular formula is C32H40O6Si. The first-order valence-electron chi connectivity index (χ1n) is 13.7. The second kappa shape index (κ2) is 11.5. The summed E-state index contributed by atoms with van der Waals surface area (Å²) in [6.45, 7) is 9.43. The molecule has 0 radical (unpaired) electrons. The normalized spacial score (nSPS) is 27.2. The molecule has 6 nitrogen and oxygen atoms in total. The summed E-state index contributed by atoms with van der Waals surface area (Å²) in [5.41, 5.74) is 0.937. The number of hydrogen-bond acceptors (Lipinski definition) is 6. The predicted molar refractivity (Wildman–Crippen MR) is 154 cm³/mol. The van der Waals surface area contributed by atoms with Gasteiger partial charge in [-0.1, -0.05) is 100 Å². The molecule has 39 heavy (non-hydrogen) atoms. The summed E-state index contributed by atoms with van der Waals surface area (Å²) in [6, 6.07) is 29.1. The van der Waals surface area contributed by atoms with E-state index in [1.54, 1.807) is 14.2 Å². The molecule has 2 heterocycles. The lowest BCUT2D eigenvalue weighted by molar-refractivity contribution is -0.256. The summed E-state index contributed by atoms with van der Waals surface area (Å²) in [5, 5.41) is 2.37. The van der Waals surface area contributed by atoms with E-state index in [0.717, 1.165) is 11.3 Å². The van der Waals surface area contributed by atoms with Crippen molar-refractivity contribution in [2.24, 2.45) is 5.92 Å². The Bertz CT molecular complexity index is 1160. The molecule has 0 aliphatic carbocycles. The number of methoxy groups -OCH3 is 2. The molecule has 1 unspecified atom stereocenters.